The Bertz CT molecular complexity index is 724. The summed E-state index contributed by atoms with van der Waals surface area (Å²) in [4.78, 5) is 0. The summed E-state index contributed by atoms with van der Waals surface area (Å²) in [6.45, 7) is 8.68. The molecule has 0 unspecified atom stereocenters. The van der Waals surface area contributed by atoms with Crippen LogP contribution in [0.2, 0.25) is 0 Å². The van der Waals surface area contributed by atoms with Crippen LogP contribution in [0.25, 0.3) is 22.3 Å². The van der Waals surface area contributed by atoms with Crippen molar-refractivity contribution >= 4 is 0 Å². The summed E-state index contributed by atoms with van der Waals surface area (Å²) < 4.78 is 0. The first-order valence-electron chi connectivity index (χ1n) is 7.72. The van der Waals surface area contributed by atoms with Gasteiger partial charge in [-0.15, -0.1) is 5.56 Å². The van der Waals surface area contributed by atoms with Crippen molar-refractivity contribution in [2.24, 2.45) is 0 Å². The maximum absolute atomic E-state index is 3.20. The molecule has 0 N–H and O–H groups in total. The Morgan fingerprint density at radius 2 is 1.04 bits per heavy atom. The van der Waals surface area contributed by atoms with Crippen LogP contribution in [0.5, 0.6) is 0 Å². The predicted octanol–water partition coefficient (Wildman–Crippen LogP) is 3.06. The first-order valence-corrected chi connectivity index (χ1v) is 7.72. The van der Waals surface area contributed by atoms with E-state index in [1.54, 1.807) is 0 Å². The van der Waals surface area contributed by atoms with E-state index in [-0.39, 0.29) is 18.9 Å². The van der Waals surface area contributed by atoms with E-state index < -0.39 is 0 Å². The SMILES string of the molecule is Cc1c[c-]cc(C)c1-c1cccc(-c2c(C)cccc2C)c1.[Li+]. The topological polar surface area (TPSA) is 0 Å². The molecule has 0 aromatic heterocycles. The molecule has 0 spiro atoms. The molecule has 3 aromatic carbocycles. The molecule has 0 aliphatic rings. The minimum Gasteiger partial charge on any atom is -0.183 e. The van der Waals surface area contributed by atoms with Crippen LogP contribution < -0.4 is 18.9 Å². The van der Waals surface area contributed by atoms with Crippen LogP contribution in [-0.2, 0) is 0 Å². The molecule has 0 aliphatic carbocycles. The fraction of sp³-hybridized carbons (Fsp3) is 0.182. The van der Waals surface area contributed by atoms with Crippen molar-refractivity contribution in [3.63, 3.8) is 0 Å². The average Bonchev–Trinajstić information content (AvgIpc) is 2.47. The van der Waals surface area contributed by atoms with Crippen molar-refractivity contribution in [2.75, 3.05) is 0 Å². The van der Waals surface area contributed by atoms with Gasteiger partial charge in [0.15, 0.2) is 0 Å². The third-order valence-corrected chi connectivity index (χ3v) is 4.31. The van der Waals surface area contributed by atoms with E-state index in [0.29, 0.717) is 0 Å². The fourth-order valence-electron chi connectivity index (χ4n) is 3.30. The van der Waals surface area contributed by atoms with Gasteiger partial charge in [-0.1, -0.05) is 50.2 Å². The summed E-state index contributed by atoms with van der Waals surface area (Å²) in [5, 5.41) is 0. The van der Waals surface area contributed by atoms with E-state index in [1.807, 2.05) is 0 Å². The predicted molar refractivity (Wildman–Crippen MR) is 95.1 cm³/mol. The van der Waals surface area contributed by atoms with Crippen LogP contribution >= 0.6 is 0 Å². The van der Waals surface area contributed by atoms with Gasteiger partial charge in [-0.25, -0.2) is 0 Å². The first kappa shape index (κ1) is 17.6. The van der Waals surface area contributed by atoms with Gasteiger partial charge in [0.1, 0.15) is 0 Å². The molecule has 3 rings (SSSR count). The van der Waals surface area contributed by atoms with E-state index in [1.165, 1.54) is 44.5 Å². The molecule has 0 bridgehead atoms. The van der Waals surface area contributed by atoms with Gasteiger partial charge in [-0.3, -0.25) is 0 Å². The van der Waals surface area contributed by atoms with E-state index >= 15 is 0 Å². The zero-order chi connectivity index (χ0) is 15.7. The molecule has 0 saturated carbocycles. The Morgan fingerprint density at radius 3 is 1.57 bits per heavy atom. The molecule has 0 atom stereocenters. The van der Waals surface area contributed by atoms with Crippen LogP contribution in [0.3, 0.4) is 0 Å². The summed E-state index contributed by atoms with van der Waals surface area (Å²) in [7, 11) is 0. The van der Waals surface area contributed by atoms with E-state index in [9.17, 15) is 0 Å². The molecule has 1 heteroatoms. The van der Waals surface area contributed by atoms with Gasteiger partial charge in [-0.05, 0) is 47.7 Å². The molecular weight excluding hydrogens is 271 g/mol. The second kappa shape index (κ2) is 7.22. The molecule has 0 fully saturated rings. The second-order valence-corrected chi connectivity index (χ2v) is 6.04. The normalized spacial score (nSPS) is 10.3. The van der Waals surface area contributed by atoms with Crippen LogP contribution in [0.15, 0.2) is 54.6 Å². The largest absolute Gasteiger partial charge is 1.00 e. The standard InChI is InChI=1S/C22H21.Li/c1-15-8-5-9-16(2)21(15)19-12-7-13-20(14-19)22-17(3)10-6-11-18(22)4;/h5,7-14H,1-4H3;/q-1;+1. The zero-order valence-electron chi connectivity index (χ0n) is 14.7. The molecule has 0 radical (unpaired) electrons. The quantitative estimate of drug-likeness (QED) is 0.503. The molecule has 0 nitrogen and oxygen atoms in total. The minimum absolute atomic E-state index is 0. The van der Waals surface area contributed by atoms with Gasteiger partial charge in [0.25, 0.3) is 0 Å². The first-order chi connectivity index (χ1) is 10.6. The molecule has 0 aliphatic heterocycles. The van der Waals surface area contributed by atoms with Crippen LogP contribution in [-0.4, -0.2) is 0 Å². The smallest absolute Gasteiger partial charge is 0.183 e. The third-order valence-electron chi connectivity index (χ3n) is 4.31. The Kier molecular flexibility index (Phi) is 5.53. The van der Waals surface area contributed by atoms with Crippen molar-refractivity contribution in [3.05, 3.63) is 82.9 Å². The number of hydrogen-bond acceptors (Lipinski definition) is 0. The van der Waals surface area contributed by atoms with Crippen molar-refractivity contribution in [3.8, 4) is 22.3 Å². The van der Waals surface area contributed by atoms with Gasteiger partial charge in [0, 0.05) is 0 Å². The Balaban J connectivity index is 0.00000192. The molecule has 3 aromatic rings. The van der Waals surface area contributed by atoms with Crippen molar-refractivity contribution in [1.29, 1.82) is 0 Å². The molecule has 0 saturated heterocycles. The Hall–Kier alpha value is -1.74. The Morgan fingerprint density at radius 1 is 0.609 bits per heavy atom. The number of benzene rings is 3. The zero-order valence-corrected chi connectivity index (χ0v) is 14.7. The molecule has 23 heavy (non-hydrogen) atoms. The van der Waals surface area contributed by atoms with E-state index in [2.05, 4.69) is 88.4 Å². The van der Waals surface area contributed by atoms with E-state index in [0.717, 1.165) is 0 Å². The van der Waals surface area contributed by atoms with Gasteiger partial charge >= 0.3 is 18.9 Å². The number of hydrogen-bond donors (Lipinski definition) is 0. The van der Waals surface area contributed by atoms with Crippen molar-refractivity contribution < 1.29 is 18.9 Å². The van der Waals surface area contributed by atoms with Crippen molar-refractivity contribution in [2.45, 2.75) is 27.7 Å². The maximum atomic E-state index is 3.20. The average molecular weight is 292 g/mol. The van der Waals surface area contributed by atoms with Gasteiger partial charge in [-0.2, -0.15) is 29.3 Å². The summed E-state index contributed by atoms with van der Waals surface area (Å²) >= 11 is 0. The summed E-state index contributed by atoms with van der Waals surface area (Å²) in [5.74, 6) is 0. The summed E-state index contributed by atoms with van der Waals surface area (Å²) in [5.41, 5.74) is 10.5. The number of aryl methyl sites for hydroxylation is 4. The third kappa shape index (κ3) is 3.45. The molecule has 110 valence electrons. The van der Waals surface area contributed by atoms with E-state index in [4.69, 9.17) is 0 Å². The maximum Gasteiger partial charge on any atom is 1.00 e. The number of rotatable bonds is 2. The van der Waals surface area contributed by atoms with Crippen LogP contribution in [0.4, 0.5) is 0 Å². The van der Waals surface area contributed by atoms with Crippen LogP contribution in [0, 0.1) is 33.8 Å². The van der Waals surface area contributed by atoms with Gasteiger partial charge < -0.3 is 0 Å². The molecular formula is C22H21Li. The fourth-order valence-corrected chi connectivity index (χ4v) is 3.30. The Labute approximate surface area is 151 Å². The van der Waals surface area contributed by atoms with Crippen LogP contribution in [0.1, 0.15) is 22.3 Å². The summed E-state index contributed by atoms with van der Waals surface area (Å²) in [6, 6.07) is 22.7. The van der Waals surface area contributed by atoms with Crippen molar-refractivity contribution in [1.82, 2.24) is 0 Å². The summed E-state index contributed by atoms with van der Waals surface area (Å²) in [6.07, 6.45) is 0. The monoisotopic (exact) mass is 292 g/mol. The van der Waals surface area contributed by atoms with Gasteiger partial charge in [0.2, 0.25) is 0 Å². The second-order valence-electron chi connectivity index (χ2n) is 6.04. The molecule has 0 heterocycles. The van der Waals surface area contributed by atoms with Gasteiger partial charge in [0.05, 0.1) is 0 Å². The molecule has 0 amide bonds. The minimum atomic E-state index is 0.